The molecule has 9 nitrogen and oxygen atoms in total. The Morgan fingerprint density at radius 3 is 2.37 bits per heavy atom. The molecule has 3 N–H and O–H groups in total. The molecule has 1 saturated heterocycles. The Morgan fingerprint density at radius 2 is 1.77 bits per heavy atom. The van der Waals surface area contributed by atoms with Gasteiger partial charge in [0.25, 0.3) is 5.91 Å². The first-order valence-electron chi connectivity index (χ1n) is 11.0. The van der Waals surface area contributed by atoms with Gasteiger partial charge in [-0.05, 0) is 24.8 Å². The van der Waals surface area contributed by atoms with E-state index in [1.807, 2.05) is 13.1 Å². The number of fused-ring (bicyclic) bond motifs is 1. The first-order valence-corrected chi connectivity index (χ1v) is 11.0. The number of halogens is 3. The quantitative estimate of drug-likeness (QED) is 0.502. The molecule has 0 unspecified atom stereocenters. The number of carboxylic acid groups (broad SMARTS) is 1. The number of aromatic nitrogens is 3. The van der Waals surface area contributed by atoms with E-state index in [0.29, 0.717) is 16.6 Å². The number of imidazole rings is 1. The van der Waals surface area contributed by atoms with E-state index < -0.39 is 12.1 Å². The van der Waals surface area contributed by atoms with Crippen molar-refractivity contribution in [3.63, 3.8) is 0 Å². The van der Waals surface area contributed by atoms with Crippen LogP contribution in [0.2, 0.25) is 0 Å². The highest BCUT2D eigenvalue weighted by molar-refractivity contribution is 6.04. The van der Waals surface area contributed by atoms with Gasteiger partial charge in [-0.1, -0.05) is 30.3 Å². The predicted octanol–water partition coefficient (Wildman–Crippen LogP) is 2.66. The van der Waals surface area contributed by atoms with Crippen LogP contribution in [0.15, 0.2) is 47.5 Å². The van der Waals surface area contributed by atoms with Crippen LogP contribution in [0.1, 0.15) is 28.8 Å². The van der Waals surface area contributed by atoms with E-state index in [2.05, 4.69) is 44.1 Å². The Bertz CT molecular complexity index is 1200. The molecule has 1 amide bonds. The molecule has 35 heavy (non-hydrogen) atoms. The number of H-pyrrole nitrogens is 2. The van der Waals surface area contributed by atoms with Gasteiger partial charge in [-0.3, -0.25) is 9.78 Å². The summed E-state index contributed by atoms with van der Waals surface area (Å²) in [5.74, 6) is -2.86. The van der Waals surface area contributed by atoms with Gasteiger partial charge in [0.1, 0.15) is 0 Å². The van der Waals surface area contributed by atoms with Crippen molar-refractivity contribution in [2.75, 3.05) is 26.7 Å². The molecular weight excluding hydrogens is 467 g/mol. The first kappa shape index (κ1) is 25.9. The summed E-state index contributed by atoms with van der Waals surface area (Å²) in [6.07, 6.45) is 0.943. The van der Waals surface area contributed by atoms with Crippen LogP contribution in [0.4, 0.5) is 13.2 Å². The minimum atomic E-state index is -5.08. The van der Waals surface area contributed by atoms with Gasteiger partial charge in [0.15, 0.2) is 0 Å². The molecule has 0 spiro atoms. The van der Waals surface area contributed by atoms with Crippen molar-refractivity contribution in [2.24, 2.45) is 0 Å². The average molecular weight is 493 g/mol. The summed E-state index contributed by atoms with van der Waals surface area (Å²) in [6.45, 7) is 3.01. The zero-order chi connectivity index (χ0) is 25.6. The van der Waals surface area contributed by atoms with Crippen molar-refractivity contribution in [3.05, 3.63) is 64.3 Å². The molecule has 0 radical (unpaired) electrons. The number of piperidine rings is 1. The first-order chi connectivity index (χ1) is 16.6. The lowest BCUT2D eigenvalue weighted by molar-refractivity contribution is -0.192. The molecule has 188 valence electrons. The van der Waals surface area contributed by atoms with Gasteiger partial charge >= 0.3 is 17.8 Å². The standard InChI is InChI=1S/C21H25N5O2.C2HF3O2/c1-25(20(27)17-13-22-14-18-19(17)24-21(28)23-18)16-8-11-26(12-9-16)10-7-15-5-3-2-4-6-15;3-2(4,5)1(6)7/h2-6,13-14,16H,7-12H2,1H3,(H2,23,24,28);(H,6,7). The second kappa shape index (κ2) is 11.2. The lowest BCUT2D eigenvalue weighted by Gasteiger charge is -2.36. The van der Waals surface area contributed by atoms with E-state index in [9.17, 15) is 22.8 Å². The highest BCUT2D eigenvalue weighted by Crippen LogP contribution is 2.20. The number of amides is 1. The summed E-state index contributed by atoms with van der Waals surface area (Å²) in [7, 11) is 1.84. The van der Waals surface area contributed by atoms with Crippen LogP contribution in [-0.2, 0) is 11.2 Å². The van der Waals surface area contributed by atoms with Crippen molar-refractivity contribution < 1.29 is 27.9 Å². The Kier molecular flexibility index (Phi) is 8.28. The normalized spacial score (nSPS) is 14.9. The number of benzene rings is 1. The number of pyridine rings is 1. The summed E-state index contributed by atoms with van der Waals surface area (Å²) >= 11 is 0. The number of aliphatic carboxylic acids is 1. The van der Waals surface area contributed by atoms with Gasteiger partial charge < -0.3 is 24.9 Å². The van der Waals surface area contributed by atoms with Gasteiger partial charge in [-0.15, -0.1) is 0 Å². The van der Waals surface area contributed by atoms with Crippen molar-refractivity contribution in [2.45, 2.75) is 31.5 Å². The summed E-state index contributed by atoms with van der Waals surface area (Å²) in [5.41, 5.74) is 2.55. The van der Waals surface area contributed by atoms with Crippen LogP contribution in [-0.4, -0.2) is 80.6 Å². The Balaban J connectivity index is 0.000000429. The number of carbonyl (C=O) groups is 2. The molecular formula is C23H26F3N5O4. The van der Waals surface area contributed by atoms with Gasteiger partial charge in [-0.2, -0.15) is 13.2 Å². The van der Waals surface area contributed by atoms with Crippen LogP contribution >= 0.6 is 0 Å². The third kappa shape index (κ3) is 6.92. The summed E-state index contributed by atoms with van der Waals surface area (Å²) < 4.78 is 31.7. The molecule has 1 fully saturated rings. The molecule has 0 bridgehead atoms. The van der Waals surface area contributed by atoms with Gasteiger partial charge in [-0.25, -0.2) is 9.59 Å². The minimum absolute atomic E-state index is 0.101. The second-order valence-electron chi connectivity index (χ2n) is 8.22. The molecule has 4 rings (SSSR count). The molecule has 2 aromatic heterocycles. The maximum Gasteiger partial charge on any atom is 0.490 e. The minimum Gasteiger partial charge on any atom is -0.475 e. The zero-order valence-corrected chi connectivity index (χ0v) is 19.0. The Hall–Kier alpha value is -3.67. The topological polar surface area (TPSA) is 122 Å². The van der Waals surface area contributed by atoms with Crippen LogP contribution in [0.3, 0.4) is 0 Å². The van der Waals surface area contributed by atoms with E-state index in [0.717, 1.165) is 38.9 Å². The fourth-order valence-corrected chi connectivity index (χ4v) is 3.94. The number of carbonyl (C=O) groups excluding carboxylic acids is 1. The lowest BCUT2D eigenvalue weighted by Crippen LogP contribution is -2.46. The third-order valence-electron chi connectivity index (χ3n) is 5.89. The van der Waals surface area contributed by atoms with Crippen LogP contribution in [0, 0.1) is 0 Å². The zero-order valence-electron chi connectivity index (χ0n) is 19.0. The highest BCUT2D eigenvalue weighted by atomic mass is 19.4. The summed E-state index contributed by atoms with van der Waals surface area (Å²) in [5, 5.41) is 7.12. The van der Waals surface area contributed by atoms with E-state index in [4.69, 9.17) is 9.90 Å². The fraction of sp³-hybridized carbons (Fsp3) is 0.391. The van der Waals surface area contributed by atoms with Crippen LogP contribution in [0.5, 0.6) is 0 Å². The lowest BCUT2D eigenvalue weighted by atomic mass is 10.0. The van der Waals surface area contributed by atoms with Crippen molar-refractivity contribution in [3.8, 4) is 0 Å². The highest BCUT2D eigenvalue weighted by Gasteiger charge is 2.38. The maximum atomic E-state index is 13.0. The molecule has 3 aromatic rings. The number of rotatable bonds is 5. The number of nitrogens with one attached hydrogen (secondary N) is 2. The number of nitrogens with zero attached hydrogens (tertiary/aromatic N) is 3. The number of hydrogen-bond acceptors (Lipinski definition) is 5. The van der Waals surface area contributed by atoms with Gasteiger partial charge in [0.2, 0.25) is 0 Å². The number of hydrogen-bond donors (Lipinski definition) is 3. The van der Waals surface area contributed by atoms with Crippen molar-refractivity contribution in [1.29, 1.82) is 0 Å². The Labute approximate surface area is 198 Å². The Morgan fingerprint density at radius 1 is 1.14 bits per heavy atom. The summed E-state index contributed by atoms with van der Waals surface area (Å²) in [6, 6.07) is 10.7. The molecule has 3 heterocycles. The van der Waals surface area contributed by atoms with Crippen molar-refractivity contribution in [1.82, 2.24) is 24.8 Å². The van der Waals surface area contributed by atoms with Gasteiger partial charge in [0, 0.05) is 38.9 Å². The average Bonchev–Trinajstić information content (AvgIpc) is 3.23. The van der Waals surface area contributed by atoms with E-state index in [1.54, 1.807) is 11.1 Å². The molecule has 12 heteroatoms. The molecule has 1 aliphatic heterocycles. The predicted molar refractivity (Wildman–Crippen MR) is 122 cm³/mol. The van der Waals surface area contributed by atoms with E-state index in [-0.39, 0.29) is 17.6 Å². The number of likely N-dealkylation sites (tertiary alicyclic amines) is 1. The second-order valence-corrected chi connectivity index (χ2v) is 8.22. The van der Waals surface area contributed by atoms with Crippen LogP contribution < -0.4 is 5.69 Å². The SMILES string of the molecule is CN(C(=O)c1cncc2[nH]c(=O)[nH]c12)C1CCN(CCc2ccccc2)CC1.O=C(O)C(F)(F)F. The molecule has 1 aliphatic rings. The molecule has 0 atom stereocenters. The summed E-state index contributed by atoms with van der Waals surface area (Å²) in [4.78, 5) is 47.2. The monoisotopic (exact) mass is 493 g/mol. The largest absolute Gasteiger partial charge is 0.490 e. The number of aromatic amines is 2. The molecule has 1 aromatic carbocycles. The number of alkyl halides is 3. The van der Waals surface area contributed by atoms with Crippen LogP contribution in [0.25, 0.3) is 11.0 Å². The van der Waals surface area contributed by atoms with E-state index in [1.165, 1.54) is 11.8 Å². The third-order valence-corrected chi connectivity index (χ3v) is 5.89. The van der Waals surface area contributed by atoms with Crippen molar-refractivity contribution >= 4 is 22.9 Å². The molecule has 0 aliphatic carbocycles. The fourth-order valence-electron chi connectivity index (χ4n) is 3.94. The number of carboxylic acids is 1. The van der Waals surface area contributed by atoms with Gasteiger partial charge in [0.05, 0.1) is 22.8 Å². The maximum absolute atomic E-state index is 13.0. The smallest absolute Gasteiger partial charge is 0.475 e. The molecule has 0 saturated carbocycles. The van der Waals surface area contributed by atoms with E-state index >= 15 is 0 Å².